The normalized spacial score (nSPS) is 22.4. The number of benzene rings is 1. The molecule has 0 radical (unpaired) electrons. The van der Waals surface area contributed by atoms with E-state index in [0.29, 0.717) is 13.0 Å². The largest absolute Gasteiger partial charge is 0.483 e. The van der Waals surface area contributed by atoms with E-state index in [1.54, 1.807) is 0 Å². The third kappa shape index (κ3) is 2.82. The minimum Gasteiger partial charge on any atom is -0.483 e. The predicted molar refractivity (Wildman–Crippen MR) is 61.9 cm³/mol. The van der Waals surface area contributed by atoms with Gasteiger partial charge in [-0.05, 0) is 18.5 Å². The van der Waals surface area contributed by atoms with Crippen LogP contribution in [0.5, 0.6) is 0 Å². The lowest BCUT2D eigenvalue weighted by atomic mass is 9.80. The number of hydrogen-bond donors (Lipinski definition) is 3. The van der Waals surface area contributed by atoms with Gasteiger partial charge in [0.15, 0.2) is 0 Å². The third-order valence-electron chi connectivity index (χ3n) is 2.89. The first-order valence-electron chi connectivity index (χ1n) is 5.25. The minimum absolute atomic E-state index is 0.250. The fraction of sp³-hybridized carbons (Fsp3) is 0.333. The molecule has 1 aliphatic heterocycles. The lowest BCUT2D eigenvalue weighted by Gasteiger charge is -2.23. The van der Waals surface area contributed by atoms with Crippen LogP contribution in [0, 0.1) is 0 Å². The number of carboxylic acids is 1. The first-order valence-corrected chi connectivity index (χ1v) is 5.25. The van der Waals surface area contributed by atoms with Gasteiger partial charge in [0, 0.05) is 6.54 Å². The number of aliphatic carboxylic acids is 1. The van der Waals surface area contributed by atoms with Gasteiger partial charge in [0.2, 0.25) is 0 Å². The number of hydrogen-bond acceptors (Lipinski definition) is 3. The smallest absolute Gasteiger partial charge is 0.315 e. The van der Waals surface area contributed by atoms with Gasteiger partial charge < -0.3 is 15.5 Å². The summed E-state index contributed by atoms with van der Waals surface area (Å²) in [6.45, 7) is 1.06. The Hall–Kier alpha value is -1.88. The van der Waals surface area contributed by atoms with Gasteiger partial charge in [0.25, 0.3) is 6.47 Å². The average Bonchev–Trinajstić information content (AvgIpc) is 2.81. The predicted octanol–water partition coefficient (Wildman–Crippen LogP) is 0.703. The zero-order valence-electron chi connectivity index (χ0n) is 9.30. The highest BCUT2D eigenvalue weighted by atomic mass is 16.4. The quantitative estimate of drug-likeness (QED) is 0.659. The molecule has 17 heavy (non-hydrogen) atoms. The van der Waals surface area contributed by atoms with Crippen LogP contribution >= 0.6 is 0 Å². The van der Waals surface area contributed by atoms with Crippen LogP contribution in [0.4, 0.5) is 0 Å². The Morgan fingerprint density at radius 1 is 1.35 bits per heavy atom. The Morgan fingerprint density at radius 2 is 1.94 bits per heavy atom. The van der Waals surface area contributed by atoms with Crippen molar-refractivity contribution in [3.63, 3.8) is 0 Å². The van der Waals surface area contributed by atoms with E-state index in [1.165, 1.54) is 0 Å². The molecule has 2 rings (SSSR count). The summed E-state index contributed by atoms with van der Waals surface area (Å²) in [6, 6.07) is 9.46. The minimum atomic E-state index is -0.728. The Balaban J connectivity index is 0.000000437. The van der Waals surface area contributed by atoms with Crippen LogP contribution in [0.1, 0.15) is 12.0 Å². The van der Waals surface area contributed by atoms with Crippen LogP contribution in [0.3, 0.4) is 0 Å². The molecular formula is C12H15NO4. The molecule has 1 aliphatic rings. The Bertz CT molecular complexity index is 371. The highest BCUT2D eigenvalue weighted by molar-refractivity contribution is 5.82. The SMILES string of the molecule is O=C(O)C1(c2ccccc2)CCNC1.O=CO. The molecule has 0 bridgehead atoms. The fourth-order valence-corrected chi connectivity index (χ4v) is 2.00. The second-order valence-corrected chi connectivity index (χ2v) is 3.79. The monoisotopic (exact) mass is 237 g/mol. The van der Waals surface area contributed by atoms with Crippen molar-refractivity contribution in [3.8, 4) is 0 Å². The lowest BCUT2D eigenvalue weighted by Crippen LogP contribution is -2.37. The molecule has 92 valence electrons. The molecule has 1 heterocycles. The van der Waals surface area contributed by atoms with Crippen molar-refractivity contribution in [2.24, 2.45) is 0 Å². The van der Waals surface area contributed by atoms with Crippen LogP contribution in [0.15, 0.2) is 30.3 Å². The van der Waals surface area contributed by atoms with Crippen LogP contribution in [-0.4, -0.2) is 35.7 Å². The standard InChI is InChI=1S/C11H13NO2.CH2O2/c13-10(14)11(6-7-12-8-11)9-4-2-1-3-5-9;2-1-3/h1-5,12H,6-8H2,(H,13,14);1H,(H,2,3). The number of carboxylic acid groups (broad SMARTS) is 2. The number of carbonyl (C=O) groups is 2. The van der Waals surface area contributed by atoms with Gasteiger partial charge in [-0.3, -0.25) is 9.59 Å². The van der Waals surface area contributed by atoms with E-state index in [2.05, 4.69) is 5.32 Å². The molecule has 5 nitrogen and oxygen atoms in total. The van der Waals surface area contributed by atoms with Crippen molar-refractivity contribution in [1.29, 1.82) is 0 Å². The first kappa shape index (κ1) is 13.2. The van der Waals surface area contributed by atoms with Gasteiger partial charge in [-0.2, -0.15) is 0 Å². The van der Waals surface area contributed by atoms with Crippen molar-refractivity contribution < 1.29 is 19.8 Å². The van der Waals surface area contributed by atoms with Crippen LogP contribution in [0.2, 0.25) is 0 Å². The van der Waals surface area contributed by atoms with E-state index < -0.39 is 11.4 Å². The van der Waals surface area contributed by atoms with Gasteiger partial charge >= 0.3 is 5.97 Å². The maximum atomic E-state index is 11.3. The van der Waals surface area contributed by atoms with Crippen molar-refractivity contribution in [2.75, 3.05) is 13.1 Å². The summed E-state index contributed by atoms with van der Waals surface area (Å²) in [5, 5.41) is 19.3. The molecule has 0 amide bonds. The van der Waals surface area contributed by atoms with Gasteiger partial charge in [0.05, 0.1) is 0 Å². The van der Waals surface area contributed by atoms with Gasteiger partial charge in [-0.25, -0.2) is 0 Å². The molecule has 1 unspecified atom stereocenters. The van der Waals surface area contributed by atoms with Crippen molar-refractivity contribution in [1.82, 2.24) is 5.32 Å². The van der Waals surface area contributed by atoms with Crippen LogP contribution in [-0.2, 0) is 15.0 Å². The van der Waals surface area contributed by atoms with Crippen LogP contribution in [0.25, 0.3) is 0 Å². The number of nitrogens with one attached hydrogen (secondary N) is 1. The third-order valence-corrected chi connectivity index (χ3v) is 2.89. The lowest BCUT2D eigenvalue weighted by molar-refractivity contribution is -0.143. The van der Waals surface area contributed by atoms with Crippen molar-refractivity contribution >= 4 is 12.4 Å². The Labute approximate surface area is 99.1 Å². The zero-order chi connectivity index (χ0) is 12.7. The summed E-state index contributed by atoms with van der Waals surface area (Å²) in [5.74, 6) is -0.728. The molecule has 3 N–H and O–H groups in total. The maximum Gasteiger partial charge on any atom is 0.315 e. The Kier molecular flexibility index (Phi) is 4.66. The second kappa shape index (κ2) is 6.00. The van der Waals surface area contributed by atoms with Gasteiger partial charge in [-0.15, -0.1) is 0 Å². The topological polar surface area (TPSA) is 86.6 Å². The summed E-state index contributed by atoms with van der Waals surface area (Å²) < 4.78 is 0. The van der Waals surface area contributed by atoms with Crippen molar-refractivity contribution in [3.05, 3.63) is 35.9 Å². The van der Waals surface area contributed by atoms with E-state index in [0.717, 1.165) is 12.1 Å². The van der Waals surface area contributed by atoms with E-state index >= 15 is 0 Å². The molecule has 0 aromatic heterocycles. The van der Waals surface area contributed by atoms with E-state index in [-0.39, 0.29) is 6.47 Å². The fourth-order valence-electron chi connectivity index (χ4n) is 2.00. The molecule has 0 saturated carbocycles. The summed E-state index contributed by atoms with van der Waals surface area (Å²) in [5.41, 5.74) is 0.193. The van der Waals surface area contributed by atoms with E-state index in [9.17, 15) is 9.90 Å². The average molecular weight is 237 g/mol. The molecular weight excluding hydrogens is 222 g/mol. The van der Waals surface area contributed by atoms with Crippen molar-refractivity contribution in [2.45, 2.75) is 11.8 Å². The molecule has 1 aromatic rings. The molecule has 0 spiro atoms. The summed E-state index contributed by atoms with van der Waals surface area (Å²) in [6.07, 6.45) is 0.673. The van der Waals surface area contributed by atoms with Gasteiger partial charge in [0.1, 0.15) is 5.41 Å². The number of rotatable bonds is 2. The molecule has 1 aromatic carbocycles. The molecule has 0 aliphatic carbocycles. The molecule has 1 fully saturated rings. The maximum absolute atomic E-state index is 11.3. The highest BCUT2D eigenvalue weighted by Gasteiger charge is 2.42. The summed E-state index contributed by atoms with van der Waals surface area (Å²) in [7, 11) is 0. The van der Waals surface area contributed by atoms with Gasteiger partial charge in [-0.1, -0.05) is 30.3 Å². The second-order valence-electron chi connectivity index (χ2n) is 3.79. The Morgan fingerprint density at radius 3 is 2.35 bits per heavy atom. The van der Waals surface area contributed by atoms with E-state index in [4.69, 9.17) is 9.90 Å². The van der Waals surface area contributed by atoms with E-state index in [1.807, 2.05) is 30.3 Å². The zero-order valence-corrected chi connectivity index (χ0v) is 9.30. The summed E-state index contributed by atoms with van der Waals surface area (Å²) >= 11 is 0. The summed E-state index contributed by atoms with van der Waals surface area (Å²) in [4.78, 5) is 19.6. The first-order chi connectivity index (χ1) is 8.17. The molecule has 1 saturated heterocycles. The molecule has 5 heteroatoms. The molecule has 1 atom stereocenters. The van der Waals surface area contributed by atoms with Crippen LogP contribution < -0.4 is 5.32 Å². The highest BCUT2D eigenvalue weighted by Crippen LogP contribution is 2.30.